The highest BCUT2D eigenvalue weighted by Gasteiger charge is 2.44. The van der Waals surface area contributed by atoms with Crippen molar-refractivity contribution in [2.75, 3.05) is 13.1 Å². The first-order valence-electron chi connectivity index (χ1n) is 9.57. The molecule has 1 aliphatic heterocycles. The molecule has 1 aromatic rings. The van der Waals surface area contributed by atoms with Crippen LogP contribution in [-0.4, -0.2) is 29.1 Å². The summed E-state index contributed by atoms with van der Waals surface area (Å²) < 4.78 is 14.3. The van der Waals surface area contributed by atoms with Crippen molar-refractivity contribution in [2.24, 2.45) is 11.3 Å². The van der Waals surface area contributed by atoms with E-state index in [1.54, 1.807) is 11.5 Å². The number of fused-ring (bicyclic) bond motifs is 1. The van der Waals surface area contributed by atoms with Gasteiger partial charge in [-0.05, 0) is 66.7 Å². The Balaban J connectivity index is 1.39. The summed E-state index contributed by atoms with van der Waals surface area (Å²) in [7, 11) is 0. The van der Waals surface area contributed by atoms with E-state index in [0.717, 1.165) is 30.1 Å². The number of hydrogen-bond acceptors (Lipinski definition) is 3. The summed E-state index contributed by atoms with van der Waals surface area (Å²) >= 11 is 0. The number of rotatable bonds is 3. The second-order valence-corrected chi connectivity index (χ2v) is 8.36. The molecule has 5 heteroatoms. The molecule has 0 aromatic heterocycles. The monoisotopic (exact) mass is 346 g/mol. The fourth-order valence-corrected chi connectivity index (χ4v) is 5.43. The van der Waals surface area contributed by atoms with Crippen LogP contribution in [0.2, 0.25) is 0 Å². The molecule has 0 unspecified atom stereocenters. The molecule has 2 fully saturated rings. The molecule has 0 saturated heterocycles. The summed E-state index contributed by atoms with van der Waals surface area (Å²) in [6, 6.07) is 2.94. The van der Waals surface area contributed by atoms with E-state index in [0.29, 0.717) is 18.4 Å². The van der Waals surface area contributed by atoms with Gasteiger partial charge in [-0.1, -0.05) is 19.3 Å². The Labute approximate surface area is 148 Å². The predicted molar refractivity (Wildman–Crippen MR) is 92.9 cm³/mol. The first-order chi connectivity index (χ1) is 12.1. The lowest BCUT2D eigenvalue weighted by Gasteiger charge is -2.52. The van der Waals surface area contributed by atoms with Crippen LogP contribution in [0.1, 0.15) is 66.4 Å². The van der Waals surface area contributed by atoms with E-state index in [9.17, 15) is 9.18 Å². The van der Waals surface area contributed by atoms with Gasteiger partial charge in [0, 0.05) is 25.2 Å². The second-order valence-electron chi connectivity index (χ2n) is 8.36. The third kappa shape index (κ3) is 3.32. The molecule has 136 valence electrons. The van der Waals surface area contributed by atoms with Crippen LogP contribution in [0.5, 0.6) is 0 Å². The van der Waals surface area contributed by atoms with Crippen LogP contribution < -0.4 is 5.48 Å². The summed E-state index contributed by atoms with van der Waals surface area (Å²) in [5, 5.41) is 8.78. The number of amides is 1. The van der Waals surface area contributed by atoms with Crippen LogP contribution >= 0.6 is 0 Å². The Bertz CT molecular complexity index is 662. The minimum atomic E-state index is -0.656. The van der Waals surface area contributed by atoms with Crippen molar-refractivity contribution >= 4 is 5.91 Å². The van der Waals surface area contributed by atoms with E-state index < -0.39 is 5.91 Å². The summed E-state index contributed by atoms with van der Waals surface area (Å²) in [6.45, 7) is 2.67. The highest BCUT2D eigenvalue weighted by molar-refractivity contribution is 5.93. The van der Waals surface area contributed by atoms with Crippen molar-refractivity contribution < 1.29 is 14.4 Å². The van der Waals surface area contributed by atoms with E-state index >= 15 is 0 Å². The molecular weight excluding hydrogens is 319 g/mol. The molecule has 1 amide bonds. The van der Waals surface area contributed by atoms with Crippen LogP contribution in [0.4, 0.5) is 4.39 Å². The summed E-state index contributed by atoms with van der Waals surface area (Å²) in [5.41, 5.74) is 4.03. The number of halogens is 1. The number of carbonyl (C=O) groups is 1. The maximum atomic E-state index is 14.3. The Hall–Kier alpha value is -1.46. The number of hydroxylamine groups is 1. The summed E-state index contributed by atoms with van der Waals surface area (Å²) in [4.78, 5) is 14.0. The molecule has 3 aliphatic rings. The van der Waals surface area contributed by atoms with Crippen molar-refractivity contribution in [3.8, 4) is 0 Å². The van der Waals surface area contributed by atoms with E-state index in [2.05, 4.69) is 4.90 Å². The Morgan fingerprint density at radius 1 is 1.28 bits per heavy atom. The minimum Gasteiger partial charge on any atom is -0.298 e. The molecule has 25 heavy (non-hydrogen) atoms. The topological polar surface area (TPSA) is 52.6 Å². The van der Waals surface area contributed by atoms with E-state index in [1.807, 2.05) is 0 Å². The molecule has 4 rings (SSSR count). The van der Waals surface area contributed by atoms with Crippen LogP contribution in [-0.2, 0) is 13.0 Å². The molecule has 0 radical (unpaired) electrons. The molecule has 1 aromatic carbocycles. The molecular formula is C20H27FN2O2. The number of carbonyl (C=O) groups excluding carboxylic acids is 1. The van der Waals surface area contributed by atoms with Crippen LogP contribution in [0.25, 0.3) is 0 Å². The normalized spacial score (nSPS) is 23.1. The van der Waals surface area contributed by atoms with Gasteiger partial charge in [0.2, 0.25) is 0 Å². The fraction of sp³-hybridized carbons (Fsp3) is 0.650. The van der Waals surface area contributed by atoms with Crippen LogP contribution in [0, 0.1) is 17.2 Å². The molecule has 1 heterocycles. The van der Waals surface area contributed by atoms with Gasteiger partial charge >= 0.3 is 0 Å². The van der Waals surface area contributed by atoms with Gasteiger partial charge in [-0.25, -0.2) is 9.87 Å². The van der Waals surface area contributed by atoms with Gasteiger partial charge < -0.3 is 0 Å². The van der Waals surface area contributed by atoms with Crippen molar-refractivity contribution in [2.45, 2.75) is 57.9 Å². The lowest BCUT2D eigenvalue weighted by molar-refractivity contribution is -0.00521. The van der Waals surface area contributed by atoms with Gasteiger partial charge in [-0.2, -0.15) is 0 Å². The van der Waals surface area contributed by atoms with E-state index in [4.69, 9.17) is 5.21 Å². The SMILES string of the molecule is O=C(NO)c1cc(F)c2c(c1)CN(CC1CC3(CCCCC3)C1)CC2. The maximum absolute atomic E-state index is 14.3. The fourth-order valence-electron chi connectivity index (χ4n) is 5.43. The van der Waals surface area contributed by atoms with E-state index in [1.165, 1.54) is 51.0 Å². The lowest BCUT2D eigenvalue weighted by atomic mass is 9.56. The first kappa shape index (κ1) is 17.0. The van der Waals surface area contributed by atoms with Gasteiger partial charge in [0.25, 0.3) is 5.91 Å². The Kier molecular flexibility index (Phi) is 4.54. The van der Waals surface area contributed by atoms with Gasteiger partial charge in [0.05, 0.1) is 0 Å². The van der Waals surface area contributed by atoms with Gasteiger partial charge in [-0.3, -0.25) is 14.9 Å². The van der Waals surface area contributed by atoms with Crippen molar-refractivity contribution in [1.82, 2.24) is 10.4 Å². The van der Waals surface area contributed by atoms with Crippen LogP contribution in [0.15, 0.2) is 12.1 Å². The largest absolute Gasteiger partial charge is 0.298 e. The standard InChI is InChI=1S/C20H27FN2O2/c21-18-9-15(19(24)22-25)8-16-13-23(7-4-17(16)18)12-14-10-20(11-14)5-2-1-3-6-20/h8-9,14,25H,1-7,10-13H2,(H,22,24). The lowest BCUT2D eigenvalue weighted by Crippen LogP contribution is -2.45. The highest BCUT2D eigenvalue weighted by Crippen LogP contribution is 2.55. The first-order valence-corrected chi connectivity index (χ1v) is 9.57. The summed E-state index contributed by atoms with van der Waals surface area (Å²) in [5.74, 6) is -0.217. The quantitative estimate of drug-likeness (QED) is 0.649. The number of nitrogens with zero attached hydrogens (tertiary/aromatic N) is 1. The molecule has 2 aliphatic carbocycles. The zero-order valence-corrected chi connectivity index (χ0v) is 14.7. The molecule has 2 N–H and O–H groups in total. The number of benzene rings is 1. The maximum Gasteiger partial charge on any atom is 0.274 e. The molecule has 2 saturated carbocycles. The van der Waals surface area contributed by atoms with Crippen molar-refractivity contribution in [3.05, 3.63) is 34.6 Å². The number of hydrogen-bond donors (Lipinski definition) is 2. The second kappa shape index (κ2) is 6.69. The average molecular weight is 346 g/mol. The molecule has 4 nitrogen and oxygen atoms in total. The third-order valence-corrected chi connectivity index (χ3v) is 6.60. The van der Waals surface area contributed by atoms with Crippen molar-refractivity contribution in [3.63, 3.8) is 0 Å². The average Bonchev–Trinajstić information content (AvgIpc) is 2.60. The predicted octanol–water partition coefficient (Wildman–Crippen LogP) is 3.66. The van der Waals surface area contributed by atoms with E-state index in [-0.39, 0.29) is 11.4 Å². The zero-order chi connectivity index (χ0) is 17.4. The molecule has 0 atom stereocenters. The van der Waals surface area contributed by atoms with Gasteiger partial charge in [-0.15, -0.1) is 0 Å². The third-order valence-electron chi connectivity index (χ3n) is 6.60. The summed E-state index contributed by atoms with van der Waals surface area (Å²) in [6.07, 6.45) is 10.5. The molecule has 0 bridgehead atoms. The van der Waals surface area contributed by atoms with Gasteiger partial charge in [0.15, 0.2) is 0 Å². The minimum absolute atomic E-state index is 0.186. The van der Waals surface area contributed by atoms with Crippen LogP contribution in [0.3, 0.4) is 0 Å². The van der Waals surface area contributed by atoms with Crippen molar-refractivity contribution in [1.29, 1.82) is 0 Å². The molecule has 1 spiro atoms. The zero-order valence-electron chi connectivity index (χ0n) is 14.7. The Morgan fingerprint density at radius 2 is 2.04 bits per heavy atom. The Morgan fingerprint density at radius 3 is 2.76 bits per heavy atom. The highest BCUT2D eigenvalue weighted by atomic mass is 19.1. The smallest absolute Gasteiger partial charge is 0.274 e. The van der Waals surface area contributed by atoms with Gasteiger partial charge in [0.1, 0.15) is 5.82 Å². The number of nitrogens with one attached hydrogen (secondary N) is 1.